The lowest BCUT2D eigenvalue weighted by Gasteiger charge is -2.09. The molecule has 8 nitrogen and oxygen atoms in total. The maximum atomic E-state index is 11.4. The van der Waals surface area contributed by atoms with Crippen molar-refractivity contribution in [1.29, 1.82) is 0 Å². The molecule has 0 aliphatic carbocycles. The van der Waals surface area contributed by atoms with Gasteiger partial charge in [-0.2, -0.15) is 0 Å². The SMILES string of the molecule is CCC(O)CNC(=O)CCn1cnc([N+](=O)[O-])c1. The van der Waals surface area contributed by atoms with Crippen LogP contribution in [0.5, 0.6) is 0 Å². The van der Waals surface area contributed by atoms with E-state index < -0.39 is 11.0 Å². The van der Waals surface area contributed by atoms with Crippen LogP contribution in [0.2, 0.25) is 0 Å². The van der Waals surface area contributed by atoms with Gasteiger partial charge in [-0.25, -0.2) is 0 Å². The second kappa shape index (κ2) is 6.70. The lowest BCUT2D eigenvalue weighted by atomic mass is 10.3. The third-order valence-corrected chi connectivity index (χ3v) is 2.41. The fourth-order valence-corrected chi connectivity index (χ4v) is 1.26. The standard InChI is InChI=1S/C10H16N4O4/c1-2-8(15)5-11-10(16)3-4-13-6-9(12-7-13)14(17)18/h6-8,15H,2-5H2,1H3,(H,11,16). The number of aliphatic hydroxyl groups is 1. The first kappa shape index (κ1) is 14.1. The molecule has 100 valence electrons. The van der Waals surface area contributed by atoms with Crippen molar-refractivity contribution < 1.29 is 14.8 Å². The average molecular weight is 256 g/mol. The number of amides is 1. The number of aryl methyl sites for hydroxylation is 1. The molecule has 1 rings (SSSR count). The molecule has 0 saturated heterocycles. The highest BCUT2D eigenvalue weighted by Gasteiger charge is 2.11. The highest BCUT2D eigenvalue weighted by atomic mass is 16.6. The van der Waals surface area contributed by atoms with E-state index in [1.807, 2.05) is 6.92 Å². The molecule has 1 aromatic heterocycles. The van der Waals surface area contributed by atoms with Gasteiger partial charge in [0.05, 0.1) is 6.10 Å². The Morgan fingerprint density at radius 2 is 2.44 bits per heavy atom. The molecule has 0 saturated carbocycles. The minimum Gasteiger partial charge on any atom is -0.391 e. The number of hydrogen-bond donors (Lipinski definition) is 2. The van der Waals surface area contributed by atoms with E-state index in [1.54, 1.807) is 0 Å². The number of carbonyl (C=O) groups excluding carboxylic acids is 1. The zero-order valence-corrected chi connectivity index (χ0v) is 10.1. The van der Waals surface area contributed by atoms with Gasteiger partial charge in [0.2, 0.25) is 12.2 Å². The van der Waals surface area contributed by atoms with Crippen molar-refractivity contribution in [3.05, 3.63) is 22.6 Å². The van der Waals surface area contributed by atoms with Crippen LogP contribution < -0.4 is 5.32 Å². The Balaban J connectivity index is 2.31. The van der Waals surface area contributed by atoms with Crippen LogP contribution in [0, 0.1) is 10.1 Å². The Kier molecular flexibility index (Phi) is 5.25. The van der Waals surface area contributed by atoms with Crippen LogP contribution in [-0.2, 0) is 11.3 Å². The van der Waals surface area contributed by atoms with Gasteiger partial charge in [-0.05, 0) is 16.3 Å². The molecule has 0 radical (unpaired) electrons. The summed E-state index contributed by atoms with van der Waals surface area (Å²) < 4.78 is 1.48. The van der Waals surface area contributed by atoms with Gasteiger partial charge in [0.25, 0.3) is 0 Å². The van der Waals surface area contributed by atoms with Crippen molar-refractivity contribution in [3.8, 4) is 0 Å². The summed E-state index contributed by atoms with van der Waals surface area (Å²) >= 11 is 0. The molecule has 1 atom stereocenters. The molecule has 0 aromatic carbocycles. The van der Waals surface area contributed by atoms with Gasteiger partial charge in [-0.15, -0.1) is 0 Å². The number of hydrogen-bond acceptors (Lipinski definition) is 5. The van der Waals surface area contributed by atoms with Crippen LogP contribution in [0.15, 0.2) is 12.5 Å². The number of carbonyl (C=O) groups is 1. The first-order chi connectivity index (χ1) is 8.52. The molecule has 0 spiro atoms. The van der Waals surface area contributed by atoms with Crippen molar-refractivity contribution in [3.63, 3.8) is 0 Å². The number of aliphatic hydroxyl groups excluding tert-OH is 1. The molecular weight excluding hydrogens is 240 g/mol. The summed E-state index contributed by atoms with van der Waals surface area (Å²) in [7, 11) is 0. The largest absolute Gasteiger partial charge is 0.391 e. The topological polar surface area (TPSA) is 110 Å². The van der Waals surface area contributed by atoms with Crippen LogP contribution in [0.25, 0.3) is 0 Å². The number of nitrogens with one attached hydrogen (secondary N) is 1. The minimum atomic E-state index is -0.589. The summed E-state index contributed by atoms with van der Waals surface area (Å²) in [5.41, 5.74) is 0. The predicted octanol–water partition coefficient (Wildman–Crippen LogP) is 0.0685. The fourth-order valence-electron chi connectivity index (χ4n) is 1.26. The number of imidazole rings is 1. The third-order valence-electron chi connectivity index (χ3n) is 2.41. The van der Waals surface area contributed by atoms with E-state index >= 15 is 0 Å². The van der Waals surface area contributed by atoms with Gasteiger partial charge in [0, 0.05) is 19.5 Å². The minimum absolute atomic E-state index is 0.184. The van der Waals surface area contributed by atoms with Crippen LogP contribution >= 0.6 is 0 Å². The quantitative estimate of drug-likeness (QED) is 0.529. The molecule has 1 heterocycles. The monoisotopic (exact) mass is 256 g/mol. The van der Waals surface area contributed by atoms with E-state index in [1.165, 1.54) is 17.1 Å². The number of aromatic nitrogens is 2. The molecule has 0 bridgehead atoms. The second-order valence-electron chi connectivity index (χ2n) is 3.84. The first-order valence-corrected chi connectivity index (χ1v) is 5.63. The zero-order chi connectivity index (χ0) is 13.5. The van der Waals surface area contributed by atoms with Crippen molar-refractivity contribution >= 4 is 11.7 Å². The van der Waals surface area contributed by atoms with Gasteiger partial charge in [-0.1, -0.05) is 6.92 Å². The van der Waals surface area contributed by atoms with Crippen LogP contribution in [0.3, 0.4) is 0 Å². The van der Waals surface area contributed by atoms with Gasteiger partial charge >= 0.3 is 5.82 Å². The van der Waals surface area contributed by atoms with Gasteiger partial charge in [-0.3, -0.25) is 4.79 Å². The van der Waals surface area contributed by atoms with E-state index in [4.69, 9.17) is 0 Å². The van der Waals surface area contributed by atoms with Crippen molar-refractivity contribution in [1.82, 2.24) is 14.9 Å². The molecule has 8 heteroatoms. The molecule has 1 unspecified atom stereocenters. The predicted molar refractivity (Wildman–Crippen MR) is 62.8 cm³/mol. The Morgan fingerprint density at radius 1 is 1.72 bits per heavy atom. The highest BCUT2D eigenvalue weighted by molar-refractivity contribution is 5.75. The number of nitrogens with zero attached hydrogens (tertiary/aromatic N) is 3. The molecule has 1 aromatic rings. The van der Waals surface area contributed by atoms with Crippen molar-refractivity contribution in [2.24, 2.45) is 0 Å². The van der Waals surface area contributed by atoms with Gasteiger partial charge in [0.1, 0.15) is 6.20 Å². The molecular formula is C10H16N4O4. The number of rotatable bonds is 7. The van der Waals surface area contributed by atoms with E-state index in [0.717, 1.165) is 0 Å². The molecule has 1 amide bonds. The summed E-state index contributed by atoms with van der Waals surface area (Å²) in [4.78, 5) is 24.8. The highest BCUT2D eigenvalue weighted by Crippen LogP contribution is 2.05. The van der Waals surface area contributed by atoms with Crippen LogP contribution in [0.1, 0.15) is 19.8 Å². The van der Waals surface area contributed by atoms with Crippen molar-refractivity contribution in [2.75, 3.05) is 6.54 Å². The lowest BCUT2D eigenvalue weighted by Crippen LogP contribution is -2.32. The van der Waals surface area contributed by atoms with E-state index in [-0.39, 0.29) is 24.7 Å². The summed E-state index contributed by atoms with van der Waals surface area (Å²) in [6.07, 6.45) is 2.81. The molecule has 0 fully saturated rings. The normalized spacial score (nSPS) is 12.1. The van der Waals surface area contributed by atoms with Gasteiger partial charge < -0.3 is 25.1 Å². The summed E-state index contributed by atoms with van der Waals surface area (Å²) in [5.74, 6) is -0.448. The maximum absolute atomic E-state index is 11.4. The first-order valence-electron chi connectivity index (χ1n) is 5.63. The zero-order valence-electron chi connectivity index (χ0n) is 10.1. The van der Waals surface area contributed by atoms with Crippen LogP contribution in [0.4, 0.5) is 5.82 Å². The smallest absolute Gasteiger partial charge is 0.381 e. The Hall–Kier alpha value is -1.96. The van der Waals surface area contributed by atoms with E-state index in [9.17, 15) is 20.0 Å². The Morgan fingerprint density at radius 3 is 3.00 bits per heavy atom. The summed E-state index contributed by atoms with van der Waals surface area (Å²) in [6.45, 7) is 2.36. The van der Waals surface area contributed by atoms with Crippen molar-refractivity contribution in [2.45, 2.75) is 32.4 Å². The van der Waals surface area contributed by atoms with Gasteiger partial charge in [0.15, 0.2) is 0 Å². The maximum Gasteiger partial charge on any atom is 0.381 e. The molecule has 0 aliphatic rings. The Bertz CT molecular complexity index is 418. The lowest BCUT2D eigenvalue weighted by molar-refractivity contribution is -0.389. The summed E-state index contributed by atoms with van der Waals surface area (Å²) in [6, 6.07) is 0. The van der Waals surface area contributed by atoms with E-state index in [2.05, 4.69) is 10.3 Å². The Labute approximate surface area is 104 Å². The number of nitro groups is 1. The van der Waals surface area contributed by atoms with Crippen LogP contribution in [-0.4, -0.2) is 38.1 Å². The summed E-state index contributed by atoms with van der Waals surface area (Å²) in [5, 5.41) is 22.2. The molecule has 18 heavy (non-hydrogen) atoms. The average Bonchev–Trinajstić information content (AvgIpc) is 2.82. The fraction of sp³-hybridized carbons (Fsp3) is 0.600. The third kappa shape index (κ3) is 4.50. The van der Waals surface area contributed by atoms with E-state index in [0.29, 0.717) is 13.0 Å². The second-order valence-corrected chi connectivity index (χ2v) is 3.84. The molecule has 0 aliphatic heterocycles. The molecule has 2 N–H and O–H groups in total.